The fourth-order valence-corrected chi connectivity index (χ4v) is 3.05. The number of hydrogen-bond acceptors (Lipinski definition) is 5. The average molecular weight is 356 g/mol. The second kappa shape index (κ2) is 14.2. The highest BCUT2D eigenvalue weighted by Gasteiger charge is 2.04. The molecule has 0 saturated heterocycles. The van der Waals surface area contributed by atoms with E-state index in [0.29, 0.717) is 0 Å². The summed E-state index contributed by atoms with van der Waals surface area (Å²) in [5, 5.41) is 3.41. The number of rotatable bonds is 14. The Bertz CT molecular complexity index is 376. The minimum atomic E-state index is 0.903. The zero-order valence-electron chi connectivity index (χ0n) is 14.5. The van der Waals surface area contributed by atoms with Crippen LogP contribution in [0, 0.1) is 0 Å². The summed E-state index contributed by atoms with van der Waals surface area (Å²) < 4.78 is 0. The van der Waals surface area contributed by atoms with Crippen molar-refractivity contribution in [3.8, 4) is 0 Å². The summed E-state index contributed by atoms with van der Waals surface area (Å²) >= 11 is 8.59. The van der Waals surface area contributed by atoms with Crippen LogP contribution in [0.4, 0.5) is 0 Å². The number of thiol groups is 2. The monoisotopic (exact) mass is 355 g/mol. The number of nitrogens with zero attached hydrogens (tertiary/aromatic N) is 2. The van der Waals surface area contributed by atoms with Crippen LogP contribution >= 0.6 is 25.3 Å². The normalized spacial score (nSPS) is 11.5. The van der Waals surface area contributed by atoms with E-state index in [9.17, 15) is 0 Å². The molecule has 5 heteroatoms. The molecule has 132 valence electrons. The van der Waals surface area contributed by atoms with E-state index in [2.05, 4.69) is 77.8 Å². The van der Waals surface area contributed by atoms with E-state index in [1.54, 1.807) is 0 Å². The molecule has 0 unspecified atom stereocenters. The van der Waals surface area contributed by atoms with Crippen molar-refractivity contribution in [1.29, 1.82) is 0 Å². The van der Waals surface area contributed by atoms with Crippen LogP contribution in [0.15, 0.2) is 30.3 Å². The molecule has 0 aromatic heterocycles. The maximum absolute atomic E-state index is 4.37. The van der Waals surface area contributed by atoms with Gasteiger partial charge in [-0.05, 0) is 38.5 Å². The van der Waals surface area contributed by atoms with Gasteiger partial charge in [-0.15, -0.1) is 0 Å². The lowest BCUT2D eigenvalue weighted by molar-refractivity contribution is 0.266. The van der Waals surface area contributed by atoms with Gasteiger partial charge in [-0.2, -0.15) is 25.3 Å². The fraction of sp³-hybridized carbons (Fsp3) is 0.667. The Balaban J connectivity index is 2.12. The third-order valence-corrected chi connectivity index (χ3v) is 4.29. The van der Waals surface area contributed by atoms with Crippen molar-refractivity contribution in [2.45, 2.75) is 19.4 Å². The van der Waals surface area contributed by atoms with Crippen molar-refractivity contribution in [1.82, 2.24) is 15.1 Å². The van der Waals surface area contributed by atoms with Crippen molar-refractivity contribution in [3.05, 3.63) is 35.9 Å². The minimum Gasteiger partial charge on any atom is -0.315 e. The van der Waals surface area contributed by atoms with Crippen LogP contribution in [0.5, 0.6) is 0 Å². The fourth-order valence-electron chi connectivity index (χ4n) is 2.61. The summed E-state index contributed by atoms with van der Waals surface area (Å²) in [6, 6.07) is 10.7. The van der Waals surface area contributed by atoms with E-state index >= 15 is 0 Å². The summed E-state index contributed by atoms with van der Waals surface area (Å²) in [4.78, 5) is 4.92. The first-order chi connectivity index (χ1) is 11.3. The highest BCUT2D eigenvalue weighted by atomic mass is 32.1. The second-order valence-electron chi connectivity index (χ2n) is 5.97. The number of benzene rings is 1. The zero-order chi connectivity index (χ0) is 16.8. The molecule has 1 aromatic rings. The molecule has 0 amide bonds. The van der Waals surface area contributed by atoms with Gasteiger partial charge in [-0.1, -0.05) is 30.3 Å². The maximum atomic E-state index is 4.37. The van der Waals surface area contributed by atoms with E-state index in [1.165, 1.54) is 24.9 Å². The molecule has 0 aliphatic rings. The van der Waals surface area contributed by atoms with Crippen LogP contribution in [-0.4, -0.2) is 67.6 Å². The summed E-state index contributed by atoms with van der Waals surface area (Å²) in [7, 11) is 2.21. The van der Waals surface area contributed by atoms with Gasteiger partial charge >= 0.3 is 0 Å². The molecule has 1 aromatic carbocycles. The van der Waals surface area contributed by atoms with Crippen molar-refractivity contribution in [2.75, 3.05) is 57.8 Å². The van der Waals surface area contributed by atoms with Gasteiger partial charge in [-0.3, -0.25) is 0 Å². The molecule has 0 saturated carbocycles. The highest BCUT2D eigenvalue weighted by Crippen LogP contribution is 2.04. The van der Waals surface area contributed by atoms with Gasteiger partial charge in [0, 0.05) is 44.2 Å². The third kappa shape index (κ3) is 11.1. The molecule has 0 radical (unpaired) electrons. The van der Waals surface area contributed by atoms with Crippen molar-refractivity contribution in [2.24, 2.45) is 0 Å². The van der Waals surface area contributed by atoms with E-state index in [4.69, 9.17) is 0 Å². The maximum Gasteiger partial charge on any atom is 0.0230 e. The lowest BCUT2D eigenvalue weighted by Gasteiger charge is -2.22. The Morgan fingerprint density at radius 3 is 2.30 bits per heavy atom. The summed E-state index contributed by atoms with van der Waals surface area (Å²) in [6.45, 7) is 7.57. The Hall–Kier alpha value is -0.200. The molecule has 0 fully saturated rings. The van der Waals surface area contributed by atoms with Gasteiger partial charge in [0.2, 0.25) is 0 Å². The number of hydrogen-bond donors (Lipinski definition) is 3. The molecule has 0 atom stereocenters. The molecule has 23 heavy (non-hydrogen) atoms. The standard InChI is InChI=1S/C18H33N3S2/c1-20(17-18-7-3-2-4-8-18)11-5-6-12-21(14-16-23)13-9-19-10-15-22/h2-4,7-8,19,22-23H,5-6,9-17H2,1H3. The second-order valence-corrected chi connectivity index (χ2v) is 6.86. The SMILES string of the molecule is CN(CCCCN(CCS)CCNCCS)Cc1ccccc1. The van der Waals surface area contributed by atoms with E-state index in [1.807, 2.05) is 0 Å². The molecule has 0 aliphatic carbocycles. The van der Waals surface area contributed by atoms with Gasteiger partial charge in [-0.25, -0.2) is 0 Å². The van der Waals surface area contributed by atoms with Crippen molar-refractivity contribution >= 4 is 25.3 Å². The smallest absolute Gasteiger partial charge is 0.0230 e. The van der Waals surface area contributed by atoms with E-state index in [0.717, 1.165) is 50.8 Å². The predicted molar refractivity (Wildman–Crippen MR) is 109 cm³/mol. The van der Waals surface area contributed by atoms with Gasteiger partial charge < -0.3 is 15.1 Å². The molecule has 0 heterocycles. The predicted octanol–water partition coefficient (Wildman–Crippen LogP) is 2.65. The molecule has 1 N–H and O–H groups in total. The van der Waals surface area contributed by atoms with Crippen LogP contribution < -0.4 is 5.32 Å². The third-order valence-electron chi connectivity index (χ3n) is 3.87. The van der Waals surface area contributed by atoms with Gasteiger partial charge in [0.25, 0.3) is 0 Å². The number of unbranched alkanes of at least 4 members (excludes halogenated alkanes) is 1. The Morgan fingerprint density at radius 2 is 1.61 bits per heavy atom. The van der Waals surface area contributed by atoms with Crippen LogP contribution in [0.2, 0.25) is 0 Å². The van der Waals surface area contributed by atoms with Crippen molar-refractivity contribution < 1.29 is 0 Å². The van der Waals surface area contributed by atoms with Crippen LogP contribution in [0.25, 0.3) is 0 Å². The van der Waals surface area contributed by atoms with E-state index in [-0.39, 0.29) is 0 Å². The Morgan fingerprint density at radius 1 is 0.870 bits per heavy atom. The van der Waals surface area contributed by atoms with Gasteiger partial charge in [0.05, 0.1) is 0 Å². The Labute approximate surface area is 153 Å². The summed E-state index contributed by atoms with van der Waals surface area (Å²) in [5.41, 5.74) is 1.39. The van der Waals surface area contributed by atoms with Crippen LogP contribution in [-0.2, 0) is 6.54 Å². The number of nitrogens with one attached hydrogen (secondary N) is 1. The molecule has 3 nitrogen and oxygen atoms in total. The van der Waals surface area contributed by atoms with E-state index < -0.39 is 0 Å². The lowest BCUT2D eigenvalue weighted by Crippen LogP contribution is -2.35. The quantitative estimate of drug-likeness (QED) is 0.352. The zero-order valence-corrected chi connectivity index (χ0v) is 16.2. The average Bonchev–Trinajstić information content (AvgIpc) is 2.56. The molecule has 1 rings (SSSR count). The minimum absolute atomic E-state index is 0.903. The topological polar surface area (TPSA) is 18.5 Å². The summed E-state index contributed by atoms with van der Waals surface area (Å²) in [5.74, 6) is 1.83. The van der Waals surface area contributed by atoms with Crippen LogP contribution in [0.3, 0.4) is 0 Å². The summed E-state index contributed by atoms with van der Waals surface area (Å²) in [6.07, 6.45) is 2.50. The molecule has 0 bridgehead atoms. The van der Waals surface area contributed by atoms with Crippen molar-refractivity contribution in [3.63, 3.8) is 0 Å². The largest absolute Gasteiger partial charge is 0.315 e. The first kappa shape index (κ1) is 20.8. The molecular formula is C18H33N3S2. The first-order valence-corrected chi connectivity index (χ1v) is 9.90. The lowest BCUT2D eigenvalue weighted by atomic mass is 10.2. The van der Waals surface area contributed by atoms with Gasteiger partial charge in [0.15, 0.2) is 0 Å². The molecule has 0 aliphatic heterocycles. The first-order valence-electron chi connectivity index (χ1n) is 8.63. The van der Waals surface area contributed by atoms with Gasteiger partial charge in [0.1, 0.15) is 0 Å². The Kier molecular flexibility index (Phi) is 12.8. The molecule has 0 spiro atoms. The van der Waals surface area contributed by atoms with Crippen LogP contribution in [0.1, 0.15) is 18.4 Å². The highest BCUT2D eigenvalue weighted by molar-refractivity contribution is 7.80. The molecular weight excluding hydrogens is 322 g/mol.